The topological polar surface area (TPSA) is 77.2 Å². The Balaban J connectivity index is 2.29. The average Bonchev–Trinajstić information content (AvgIpc) is 2.73. The van der Waals surface area contributed by atoms with E-state index in [0.717, 1.165) is 12.1 Å². The van der Waals surface area contributed by atoms with Crippen molar-refractivity contribution in [3.05, 3.63) is 11.1 Å². The van der Waals surface area contributed by atoms with Crippen LogP contribution in [-0.4, -0.2) is 24.1 Å². The van der Waals surface area contributed by atoms with Gasteiger partial charge in [0.25, 0.3) is 0 Å². The first-order valence-electron chi connectivity index (χ1n) is 5.72. The Hall–Kier alpha value is -0.980. The van der Waals surface area contributed by atoms with Crippen LogP contribution >= 0.6 is 11.3 Å². The van der Waals surface area contributed by atoms with Crippen LogP contribution in [0.4, 0.5) is 5.13 Å². The number of aromatic nitrogens is 1. The van der Waals surface area contributed by atoms with Crippen LogP contribution < -0.4 is 11.1 Å². The molecule has 1 amide bonds. The lowest BCUT2D eigenvalue weighted by molar-refractivity contribution is -0.116. The van der Waals surface area contributed by atoms with Crippen LogP contribution in [0.5, 0.6) is 0 Å². The fraction of sp³-hybridized carbons (Fsp3) is 0.636. The van der Waals surface area contributed by atoms with Crippen molar-refractivity contribution >= 4 is 22.4 Å². The van der Waals surface area contributed by atoms with E-state index in [1.165, 1.54) is 11.3 Å². The van der Waals surface area contributed by atoms with Gasteiger partial charge in [0.2, 0.25) is 5.91 Å². The SMILES string of the molecule is CCOCCCC(=O)Nc1nc(C(C)N)cs1. The van der Waals surface area contributed by atoms with Crippen molar-refractivity contribution in [3.63, 3.8) is 0 Å². The molecule has 0 aliphatic heterocycles. The molecule has 1 aromatic rings. The Bertz CT molecular complexity index is 352. The molecule has 96 valence electrons. The number of rotatable bonds is 7. The summed E-state index contributed by atoms with van der Waals surface area (Å²) < 4.78 is 5.16. The number of nitrogens with two attached hydrogens (primary N) is 1. The second-order valence-corrected chi connectivity index (χ2v) is 4.57. The maximum absolute atomic E-state index is 11.5. The zero-order valence-electron chi connectivity index (χ0n) is 10.2. The summed E-state index contributed by atoms with van der Waals surface area (Å²) in [6.45, 7) is 5.10. The molecule has 1 atom stereocenters. The van der Waals surface area contributed by atoms with Crippen LogP contribution in [0, 0.1) is 0 Å². The van der Waals surface area contributed by atoms with E-state index >= 15 is 0 Å². The van der Waals surface area contributed by atoms with Gasteiger partial charge in [-0.25, -0.2) is 4.98 Å². The largest absolute Gasteiger partial charge is 0.382 e. The summed E-state index contributed by atoms with van der Waals surface area (Å²) in [5.74, 6) is -0.0322. The highest BCUT2D eigenvalue weighted by atomic mass is 32.1. The summed E-state index contributed by atoms with van der Waals surface area (Å²) in [4.78, 5) is 15.7. The normalized spacial score (nSPS) is 12.4. The zero-order valence-corrected chi connectivity index (χ0v) is 11.0. The van der Waals surface area contributed by atoms with Crippen molar-refractivity contribution < 1.29 is 9.53 Å². The minimum absolute atomic E-state index is 0.0322. The fourth-order valence-corrected chi connectivity index (χ4v) is 2.04. The smallest absolute Gasteiger partial charge is 0.226 e. The van der Waals surface area contributed by atoms with Crippen molar-refractivity contribution in [2.24, 2.45) is 5.73 Å². The molecule has 0 aromatic carbocycles. The van der Waals surface area contributed by atoms with E-state index in [1.807, 2.05) is 19.2 Å². The molecule has 0 fully saturated rings. The van der Waals surface area contributed by atoms with E-state index in [0.29, 0.717) is 24.8 Å². The van der Waals surface area contributed by atoms with E-state index in [4.69, 9.17) is 10.5 Å². The quantitative estimate of drug-likeness (QED) is 0.732. The van der Waals surface area contributed by atoms with Crippen LogP contribution in [-0.2, 0) is 9.53 Å². The number of ether oxygens (including phenoxy) is 1. The van der Waals surface area contributed by atoms with Crippen molar-refractivity contribution in [2.45, 2.75) is 32.7 Å². The highest BCUT2D eigenvalue weighted by Crippen LogP contribution is 2.19. The van der Waals surface area contributed by atoms with Crippen LogP contribution in [0.15, 0.2) is 5.38 Å². The molecule has 0 bridgehead atoms. The number of anilines is 1. The molecular formula is C11H19N3O2S. The summed E-state index contributed by atoms with van der Waals surface area (Å²) in [6.07, 6.45) is 1.18. The second kappa shape index (κ2) is 7.37. The molecule has 6 heteroatoms. The molecule has 1 rings (SSSR count). The van der Waals surface area contributed by atoms with Gasteiger partial charge in [0.05, 0.1) is 5.69 Å². The Labute approximate surface area is 105 Å². The molecule has 0 saturated heterocycles. The van der Waals surface area contributed by atoms with E-state index in [1.54, 1.807) is 0 Å². The third-order valence-corrected chi connectivity index (χ3v) is 2.91. The third-order valence-electron chi connectivity index (χ3n) is 2.13. The van der Waals surface area contributed by atoms with Gasteiger partial charge in [-0.1, -0.05) is 0 Å². The van der Waals surface area contributed by atoms with Crippen LogP contribution in [0.25, 0.3) is 0 Å². The Morgan fingerprint density at radius 1 is 1.71 bits per heavy atom. The van der Waals surface area contributed by atoms with Gasteiger partial charge < -0.3 is 15.8 Å². The van der Waals surface area contributed by atoms with Crippen molar-refractivity contribution in [1.29, 1.82) is 0 Å². The predicted octanol–water partition coefficient (Wildman–Crippen LogP) is 1.92. The first-order valence-corrected chi connectivity index (χ1v) is 6.60. The van der Waals surface area contributed by atoms with E-state index in [9.17, 15) is 4.79 Å². The van der Waals surface area contributed by atoms with Crippen LogP contribution in [0.2, 0.25) is 0 Å². The lowest BCUT2D eigenvalue weighted by Gasteiger charge is -2.02. The first kappa shape index (κ1) is 14.1. The van der Waals surface area contributed by atoms with Gasteiger partial charge >= 0.3 is 0 Å². The summed E-state index contributed by atoms with van der Waals surface area (Å²) >= 11 is 1.40. The predicted molar refractivity (Wildman–Crippen MR) is 69.1 cm³/mol. The van der Waals surface area contributed by atoms with Gasteiger partial charge in [0.1, 0.15) is 0 Å². The van der Waals surface area contributed by atoms with Gasteiger partial charge in [-0.3, -0.25) is 4.79 Å². The van der Waals surface area contributed by atoms with Gasteiger partial charge in [0.15, 0.2) is 5.13 Å². The minimum atomic E-state index is -0.102. The van der Waals surface area contributed by atoms with Gasteiger partial charge in [-0.2, -0.15) is 0 Å². The molecule has 1 unspecified atom stereocenters. The van der Waals surface area contributed by atoms with Gasteiger partial charge in [0, 0.05) is 31.1 Å². The van der Waals surface area contributed by atoms with Crippen LogP contribution in [0.1, 0.15) is 38.4 Å². The van der Waals surface area contributed by atoms with Crippen molar-refractivity contribution in [3.8, 4) is 0 Å². The highest BCUT2D eigenvalue weighted by Gasteiger charge is 2.08. The number of nitrogens with one attached hydrogen (secondary N) is 1. The summed E-state index contributed by atoms with van der Waals surface area (Å²) in [5.41, 5.74) is 6.49. The monoisotopic (exact) mass is 257 g/mol. The Morgan fingerprint density at radius 2 is 2.47 bits per heavy atom. The maximum atomic E-state index is 11.5. The molecule has 0 aliphatic rings. The second-order valence-electron chi connectivity index (χ2n) is 3.71. The number of carbonyl (C=O) groups is 1. The fourth-order valence-electron chi connectivity index (χ4n) is 1.21. The lowest BCUT2D eigenvalue weighted by atomic mass is 10.3. The summed E-state index contributed by atoms with van der Waals surface area (Å²) in [5, 5.41) is 5.22. The number of carbonyl (C=O) groups excluding carboxylic acids is 1. The molecule has 0 radical (unpaired) electrons. The number of hydrogen-bond donors (Lipinski definition) is 2. The van der Waals surface area contributed by atoms with Crippen molar-refractivity contribution in [1.82, 2.24) is 4.98 Å². The highest BCUT2D eigenvalue weighted by molar-refractivity contribution is 7.13. The number of nitrogens with zero attached hydrogens (tertiary/aromatic N) is 1. The van der Waals surface area contributed by atoms with E-state index in [2.05, 4.69) is 10.3 Å². The molecule has 17 heavy (non-hydrogen) atoms. The lowest BCUT2D eigenvalue weighted by Crippen LogP contribution is -2.12. The molecule has 5 nitrogen and oxygen atoms in total. The van der Waals surface area contributed by atoms with Crippen molar-refractivity contribution in [2.75, 3.05) is 18.5 Å². The molecule has 1 aromatic heterocycles. The molecule has 3 N–H and O–H groups in total. The maximum Gasteiger partial charge on any atom is 0.226 e. The minimum Gasteiger partial charge on any atom is -0.382 e. The summed E-state index contributed by atoms with van der Waals surface area (Å²) in [6, 6.07) is -0.102. The third kappa shape index (κ3) is 5.25. The zero-order chi connectivity index (χ0) is 12.7. The number of thiazole rings is 1. The van der Waals surface area contributed by atoms with Gasteiger partial charge in [-0.15, -0.1) is 11.3 Å². The first-order chi connectivity index (χ1) is 8.13. The molecule has 0 aliphatic carbocycles. The molecule has 1 heterocycles. The van der Waals surface area contributed by atoms with Gasteiger partial charge in [-0.05, 0) is 20.3 Å². The molecule has 0 saturated carbocycles. The standard InChI is InChI=1S/C11H19N3O2S/c1-3-16-6-4-5-10(15)14-11-13-9(7-17-11)8(2)12/h7-8H,3-6,12H2,1-2H3,(H,13,14,15). The average molecular weight is 257 g/mol. The summed E-state index contributed by atoms with van der Waals surface area (Å²) in [7, 11) is 0. The van der Waals surface area contributed by atoms with E-state index < -0.39 is 0 Å². The molecule has 0 spiro atoms. The Kier molecular flexibility index (Phi) is 6.10. The number of amides is 1. The van der Waals surface area contributed by atoms with E-state index in [-0.39, 0.29) is 11.9 Å². The van der Waals surface area contributed by atoms with Crippen LogP contribution in [0.3, 0.4) is 0 Å². The number of hydrogen-bond acceptors (Lipinski definition) is 5. The Morgan fingerprint density at radius 3 is 3.06 bits per heavy atom. The molecular weight excluding hydrogens is 238 g/mol.